The van der Waals surface area contributed by atoms with Crippen LogP contribution in [0.3, 0.4) is 0 Å². The van der Waals surface area contributed by atoms with Gasteiger partial charge < -0.3 is 5.11 Å². The molecule has 0 fully saturated rings. The van der Waals surface area contributed by atoms with Crippen molar-refractivity contribution in [2.24, 2.45) is 4.99 Å². The van der Waals surface area contributed by atoms with Gasteiger partial charge in [0.15, 0.2) is 0 Å². The van der Waals surface area contributed by atoms with Crippen LogP contribution in [0.2, 0.25) is 0 Å². The van der Waals surface area contributed by atoms with Crippen LogP contribution in [0.4, 0.5) is 5.69 Å². The minimum atomic E-state index is -0.109. The Morgan fingerprint density at radius 3 is 2.33 bits per heavy atom. The van der Waals surface area contributed by atoms with Gasteiger partial charge in [-0.05, 0) is 41.3 Å². The zero-order valence-corrected chi connectivity index (χ0v) is 12.6. The van der Waals surface area contributed by atoms with Gasteiger partial charge >= 0.3 is 0 Å². The molecule has 21 heavy (non-hydrogen) atoms. The second kappa shape index (κ2) is 5.85. The van der Waals surface area contributed by atoms with Crippen molar-refractivity contribution in [3.05, 3.63) is 59.2 Å². The van der Waals surface area contributed by atoms with Crippen LogP contribution in [-0.4, -0.2) is 11.3 Å². The van der Waals surface area contributed by atoms with E-state index < -0.39 is 0 Å². The highest BCUT2D eigenvalue weighted by Gasteiger charge is 2.18. The minimum Gasteiger partial charge on any atom is -0.507 e. The number of nitrogens with zero attached hydrogens (tertiary/aromatic N) is 1. The number of para-hydroxylation sites is 1. The Labute approximate surface area is 126 Å². The first kappa shape index (κ1) is 14.9. The molecule has 2 heteroatoms. The summed E-state index contributed by atoms with van der Waals surface area (Å²) >= 11 is 0. The lowest BCUT2D eigenvalue weighted by molar-refractivity contribution is 0.446. The van der Waals surface area contributed by atoms with Crippen molar-refractivity contribution in [2.45, 2.75) is 26.2 Å². The molecule has 0 radical (unpaired) electrons. The van der Waals surface area contributed by atoms with Gasteiger partial charge in [-0.2, -0.15) is 0 Å². The van der Waals surface area contributed by atoms with Gasteiger partial charge in [0.25, 0.3) is 0 Å². The summed E-state index contributed by atoms with van der Waals surface area (Å²) in [7, 11) is 0. The highest BCUT2D eigenvalue weighted by Crippen LogP contribution is 2.32. The quantitative estimate of drug-likeness (QED) is 0.639. The third-order valence-corrected chi connectivity index (χ3v) is 3.26. The molecule has 0 heterocycles. The molecular weight excluding hydrogens is 258 g/mol. The van der Waals surface area contributed by atoms with Crippen molar-refractivity contribution in [1.29, 1.82) is 0 Å². The van der Waals surface area contributed by atoms with E-state index in [4.69, 9.17) is 6.42 Å². The number of phenols is 1. The number of benzene rings is 2. The SMILES string of the molecule is C#Cc1ccc(N=Cc2cccc(C(C)(C)C)c2O)cc1. The van der Waals surface area contributed by atoms with E-state index in [0.717, 1.165) is 16.8 Å². The predicted octanol–water partition coefficient (Wildman–Crippen LogP) is 4.42. The molecule has 2 aromatic rings. The lowest BCUT2D eigenvalue weighted by Gasteiger charge is -2.21. The molecule has 2 aromatic carbocycles. The molecule has 0 spiro atoms. The largest absolute Gasteiger partial charge is 0.507 e. The van der Waals surface area contributed by atoms with Gasteiger partial charge in [-0.15, -0.1) is 6.42 Å². The van der Waals surface area contributed by atoms with E-state index in [1.807, 2.05) is 42.5 Å². The van der Waals surface area contributed by atoms with E-state index >= 15 is 0 Å². The molecule has 0 aliphatic carbocycles. The average molecular weight is 277 g/mol. The molecule has 2 rings (SSSR count). The zero-order chi connectivity index (χ0) is 15.5. The maximum absolute atomic E-state index is 10.4. The maximum atomic E-state index is 10.4. The van der Waals surface area contributed by atoms with Gasteiger partial charge in [-0.25, -0.2) is 0 Å². The van der Waals surface area contributed by atoms with Crippen LogP contribution in [0.5, 0.6) is 5.75 Å². The lowest BCUT2D eigenvalue weighted by Crippen LogP contribution is -2.11. The highest BCUT2D eigenvalue weighted by atomic mass is 16.3. The van der Waals surface area contributed by atoms with Crippen LogP contribution in [0, 0.1) is 12.3 Å². The molecule has 0 aromatic heterocycles. The monoisotopic (exact) mass is 277 g/mol. The average Bonchev–Trinajstić information content (AvgIpc) is 2.45. The zero-order valence-electron chi connectivity index (χ0n) is 12.6. The molecule has 0 amide bonds. The van der Waals surface area contributed by atoms with Crippen LogP contribution in [-0.2, 0) is 5.41 Å². The second-order valence-corrected chi connectivity index (χ2v) is 5.94. The molecular formula is C19H19NO. The maximum Gasteiger partial charge on any atom is 0.128 e. The molecule has 2 nitrogen and oxygen atoms in total. The Bertz CT molecular complexity index is 698. The summed E-state index contributed by atoms with van der Waals surface area (Å²) in [6.45, 7) is 6.21. The smallest absolute Gasteiger partial charge is 0.128 e. The van der Waals surface area contributed by atoms with E-state index in [2.05, 4.69) is 31.7 Å². The number of terminal acetylenes is 1. The molecule has 0 aliphatic rings. The predicted molar refractivity (Wildman–Crippen MR) is 88.4 cm³/mol. The lowest BCUT2D eigenvalue weighted by atomic mass is 9.85. The molecule has 0 unspecified atom stereocenters. The Hall–Kier alpha value is -2.53. The number of aliphatic imine (C=N–C) groups is 1. The topological polar surface area (TPSA) is 32.6 Å². The Morgan fingerprint density at radius 1 is 1.10 bits per heavy atom. The van der Waals surface area contributed by atoms with Gasteiger partial charge in [0, 0.05) is 17.3 Å². The Balaban J connectivity index is 2.31. The second-order valence-electron chi connectivity index (χ2n) is 5.94. The number of phenolic OH excluding ortho intramolecular Hbond substituents is 1. The fraction of sp³-hybridized carbons (Fsp3) is 0.211. The normalized spacial score (nSPS) is 11.5. The van der Waals surface area contributed by atoms with E-state index in [1.54, 1.807) is 6.21 Å². The summed E-state index contributed by atoms with van der Waals surface area (Å²) in [6.07, 6.45) is 7.00. The molecule has 0 aliphatic heterocycles. The van der Waals surface area contributed by atoms with Crippen LogP contribution >= 0.6 is 0 Å². The third-order valence-electron chi connectivity index (χ3n) is 3.26. The number of rotatable bonds is 2. The first-order valence-corrected chi connectivity index (χ1v) is 6.85. The van der Waals surface area contributed by atoms with Crippen molar-refractivity contribution in [1.82, 2.24) is 0 Å². The van der Waals surface area contributed by atoms with Crippen molar-refractivity contribution in [3.8, 4) is 18.1 Å². The fourth-order valence-corrected chi connectivity index (χ4v) is 2.06. The molecule has 0 bridgehead atoms. The third kappa shape index (κ3) is 3.52. The number of aromatic hydroxyl groups is 1. The first-order chi connectivity index (χ1) is 9.91. The van der Waals surface area contributed by atoms with Crippen LogP contribution in [0.25, 0.3) is 0 Å². The van der Waals surface area contributed by atoms with Gasteiger partial charge in [0.2, 0.25) is 0 Å². The summed E-state index contributed by atoms with van der Waals surface area (Å²) in [5.41, 5.74) is 3.14. The van der Waals surface area contributed by atoms with Gasteiger partial charge in [-0.3, -0.25) is 4.99 Å². The number of hydrogen-bond acceptors (Lipinski definition) is 2. The number of hydrogen-bond donors (Lipinski definition) is 1. The summed E-state index contributed by atoms with van der Waals surface area (Å²) < 4.78 is 0. The molecule has 0 saturated heterocycles. The standard InChI is InChI=1S/C19H19NO/c1-5-14-9-11-16(12-10-14)20-13-15-7-6-8-17(18(15)21)19(2,3)4/h1,6-13,21H,2-4H3. The van der Waals surface area contributed by atoms with Crippen LogP contribution in [0.1, 0.15) is 37.5 Å². The molecule has 0 saturated carbocycles. The van der Waals surface area contributed by atoms with Gasteiger partial charge in [0.1, 0.15) is 5.75 Å². The highest BCUT2D eigenvalue weighted by molar-refractivity contribution is 5.86. The summed E-state index contributed by atoms with van der Waals surface area (Å²) in [5, 5.41) is 10.4. The molecule has 106 valence electrons. The molecule has 1 N–H and O–H groups in total. The van der Waals surface area contributed by atoms with Crippen LogP contribution in [0.15, 0.2) is 47.5 Å². The summed E-state index contributed by atoms with van der Waals surface area (Å²) in [6, 6.07) is 13.1. The van der Waals surface area contributed by atoms with Crippen molar-refractivity contribution in [3.63, 3.8) is 0 Å². The van der Waals surface area contributed by atoms with Crippen molar-refractivity contribution < 1.29 is 5.11 Å². The van der Waals surface area contributed by atoms with E-state index in [1.165, 1.54) is 0 Å². The van der Waals surface area contributed by atoms with E-state index in [0.29, 0.717) is 5.56 Å². The summed E-state index contributed by atoms with van der Waals surface area (Å²) in [5.74, 6) is 2.86. The van der Waals surface area contributed by atoms with E-state index in [-0.39, 0.29) is 11.2 Å². The Kier molecular flexibility index (Phi) is 4.14. The van der Waals surface area contributed by atoms with E-state index in [9.17, 15) is 5.11 Å². The first-order valence-electron chi connectivity index (χ1n) is 6.85. The van der Waals surface area contributed by atoms with Crippen molar-refractivity contribution >= 4 is 11.9 Å². The minimum absolute atomic E-state index is 0.109. The molecule has 0 atom stereocenters. The van der Waals surface area contributed by atoms with Crippen LogP contribution < -0.4 is 0 Å². The van der Waals surface area contributed by atoms with Gasteiger partial charge in [-0.1, -0.05) is 38.8 Å². The fourth-order valence-electron chi connectivity index (χ4n) is 2.06. The van der Waals surface area contributed by atoms with Gasteiger partial charge in [0.05, 0.1) is 5.69 Å². The van der Waals surface area contributed by atoms with Crippen molar-refractivity contribution in [2.75, 3.05) is 0 Å². The Morgan fingerprint density at radius 2 is 1.76 bits per heavy atom. The summed E-state index contributed by atoms with van der Waals surface area (Å²) in [4.78, 5) is 4.38.